The van der Waals surface area contributed by atoms with Crippen molar-refractivity contribution in [3.05, 3.63) is 49.1 Å². The molecular formula is C23H27N7O3S. The Balaban J connectivity index is 1.45. The zero-order valence-electron chi connectivity index (χ0n) is 19.6. The van der Waals surface area contributed by atoms with Gasteiger partial charge in [0.05, 0.1) is 31.2 Å². The van der Waals surface area contributed by atoms with E-state index in [0.717, 1.165) is 30.6 Å². The van der Waals surface area contributed by atoms with Gasteiger partial charge < -0.3 is 9.64 Å². The molecule has 0 bridgehead atoms. The number of hydrogen-bond donors (Lipinski definition) is 1. The minimum atomic E-state index is -3.95. The predicted molar refractivity (Wildman–Crippen MR) is 130 cm³/mol. The second-order valence-corrected chi connectivity index (χ2v) is 11.0. The molecule has 10 nitrogen and oxygen atoms in total. The number of pyridine rings is 1. The summed E-state index contributed by atoms with van der Waals surface area (Å²) >= 11 is 0. The molecule has 3 aromatic heterocycles. The minimum absolute atomic E-state index is 0.0169. The Morgan fingerprint density at radius 1 is 1.15 bits per heavy atom. The van der Waals surface area contributed by atoms with Crippen LogP contribution in [0.2, 0.25) is 0 Å². The van der Waals surface area contributed by atoms with Gasteiger partial charge >= 0.3 is 0 Å². The first kappa shape index (κ1) is 22.2. The lowest BCUT2D eigenvalue weighted by molar-refractivity contribution is 0.417. The van der Waals surface area contributed by atoms with E-state index in [0.29, 0.717) is 22.8 Å². The van der Waals surface area contributed by atoms with Gasteiger partial charge in [0.15, 0.2) is 5.82 Å². The normalized spacial score (nSPS) is 15.7. The summed E-state index contributed by atoms with van der Waals surface area (Å²) in [6, 6.07) is 7.43. The molecule has 0 saturated carbocycles. The van der Waals surface area contributed by atoms with Crippen LogP contribution in [0.1, 0.15) is 20.3 Å². The molecular weight excluding hydrogens is 454 g/mol. The van der Waals surface area contributed by atoms with Crippen LogP contribution in [0.5, 0.6) is 5.75 Å². The van der Waals surface area contributed by atoms with Crippen molar-refractivity contribution >= 4 is 32.3 Å². The number of benzene rings is 1. The smallest absolute Gasteiger partial charge is 0.265 e. The van der Waals surface area contributed by atoms with Crippen molar-refractivity contribution in [2.24, 2.45) is 12.5 Å². The van der Waals surface area contributed by atoms with Crippen LogP contribution in [0, 0.1) is 5.41 Å². The summed E-state index contributed by atoms with van der Waals surface area (Å²) in [4.78, 5) is 6.73. The van der Waals surface area contributed by atoms with E-state index in [1.165, 1.54) is 24.2 Å². The summed E-state index contributed by atoms with van der Waals surface area (Å²) in [6.07, 6.45) is 7.28. The summed E-state index contributed by atoms with van der Waals surface area (Å²) in [5.41, 5.74) is 2.25. The maximum absolute atomic E-state index is 13.3. The third-order valence-electron chi connectivity index (χ3n) is 6.20. The van der Waals surface area contributed by atoms with Crippen LogP contribution in [0.15, 0.2) is 53.9 Å². The molecule has 0 spiro atoms. The molecule has 178 valence electrons. The van der Waals surface area contributed by atoms with Crippen molar-refractivity contribution in [3.63, 3.8) is 0 Å². The molecule has 5 rings (SSSR count). The molecule has 0 amide bonds. The molecule has 4 aromatic rings. The summed E-state index contributed by atoms with van der Waals surface area (Å²) < 4.78 is 37.7. The molecule has 1 aromatic carbocycles. The highest BCUT2D eigenvalue weighted by Crippen LogP contribution is 2.35. The average molecular weight is 482 g/mol. The van der Waals surface area contributed by atoms with Crippen LogP contribution in [0.4, 0.5) is 11.4 Å². The summed E-state index contributed by atoms with van der Waals surface area (Å²) in [6.45, 7) is 6.45. The topological polar surface area (TPSA) is 107 Å². The van der Waals surface area contributed by atoms with Crippen molar-refractivity contribution in [2.45, 2.75) is 25.2 Å². The molecule has 0 radical (unpaired) electrons. The van der Waals surface area contributed by atoms with Gasteiger partial charge in [0, 0.05) is 43.5 Å². The molecule has 1 N–H and O–H groups in total. The molecule has 1 fully saturated rings. The number of rotatable bonds is 6. The van der Waals surface area contributed by atoms with Gasteiger partial charge in [-0.1, -0.05) is 13.8 Å². The van der Waals surface area contributed by atoms with Crippen molar-refractivity contribution in [2.75, 3.05) is 29.8 Å². The number of fused-ring (bicyclic) bond motifs is 1. The predicted octanol–water partition coefficient (Wildman–Crippen LogP) is 3.20. The van der Waals surface area contributed by atoms with E-state index < -0.39 is 10.0 Å². The molecule has 0 atom stereocenters. The maximum Gasteiger partial charge on any atom is 0.265 e. The number of aryl methyl sites for hydroxylation is 1. The van der Waals surface area contributed by atoms with Crippen LogP contribution in [-0.4, -0.2) is 53.2 Å². The molecule has 1 aliphatic rings. The van der Waals surface area contributed by atoms with Gasteiger partial charge in [-0.2, -0.15) is 10.2 Å². The Kier molecular flexibility index (Phi) is 5.23. The second kappa shape index (κ2) is 8.01. The lowest BCUT2D eigenvalue weighted by Gasteiger charge is -2.21. The van der Waals surface area contributed by atoms with Gasteiger partial charge in [-0.05, 0) is 30.0 Å². The Hall–Kier alpha value is -3.60. The first-order chi connectivity index (χ1) is 16.2. The summed E-state index contributed by atoms with van der Waals surface area (Å²) in [7, 11) is -0.712. The van der Waals surface area contributed by atoms with E-state index in [4.69, 9.17) is 4.74 Å². The number of hydrogen-bond acceptors (Lipinski definition) is 7. The molecule has 1 aliphatic heterocycles. The zero-order chi connectivity index (χ0) is 24.1. The van der Waals surface area contributed by atoms with E-state index in [9.17, 15) is 8.42 Å². The van der Waals surface area contributed by atoms with E-state index >= 15 is 0 Å². The van der Waals surface area contributed by atoms with Crippen LogP contribution >= 0.6 is 0 Å². The van der Waals surface area contributed by atoms with Gasteiger partial charge in [0.2, 0.25) is 0 Å². The molecule has 1 saturated heterocycles. The number of methoxy groups -OCH3 is 1. The van der Waals surface area contributed by atoms with Crippen LogP contribution in [0.3, 0.4) is 0 Å². The Bertz CT molecular complexity index is 1470. The van der Waals surface area contributed by atoms with Crippen molar-refractivity contribution < 1.29 is 13.2 Å². The third kappa shape index (κ3) is 3.96. The zero-order valence-corrected chi connectivity index (χ0v) is 20.4. The first-order valence-corrected chi connectivity index (χ1v) is 12.4. The Morgan fingerprint density at radius 3 is 2.71 bits per heavy atom. The fraction of sp³-hybridized carbons (Fsp3) is 0.348. The van der Waals surface area contributed by atoms with Crippen LogP contribution in [-0.2, 0) is 17.1 Å². The highest BCUT2D eigenvalue weighted by Gasteiger charge is 2.29. The van der Waals surface area contributed by atoms with Crippen molar-refractivity contribution in [1.29, 1.82) is 0 Å². The third-order valence-corrected chi connectivity index (χ3v) is 7.50. The van der Waals surface area contributed by atoms with Crippen LogP contribution in [0.25, 0.3) is 16.7 Å². The highest BCUT2D eigenvalue weighted by atomic mass is 32.2. The molecule has 34 heavy (non-hydrogen) atoms. The number of anilines is 2. The largest absolute Gasteiger partial charge is 0.494 e. The SMILES string of the molecule is COc1ccc2cnn(C)c2c1NS(=O)(=O)c1cnn(-c2cc(N3CCC(C)(C)C3)ccn2)c1. The number of ether oxygens (including phenoxy) is 1. The number of sulfonamides is 1. The van der Waals surface area contributed by atoms with E-state index in [1.807, 2.05) is 18.2 Å². The van der Waals surface area contributed by atoms with E-state index in [1.54, 1.807) is 30.2 Å². The number of aromatic nitrogens is 5. The van der Waals surface area contributed by atoms with Gasteiger partial charge in [0.25, 0.3) is 10.0 Å². The molecule has 0 aliphatic carbocycles. The summed E-state index contributed by atoms with van der Waals surface area (Å²) in [5, 5.41) is 9.29. The maximum atomic E-state index is 13.3. The standard InChI is InChI=1S/C23H27N7O3S/c1-23(2)8-10-29(15-23)17-7-9-24-20(11-17)30-14-18(13-26-30)34(31,32)27-21-19(33-4)6-5-16-12-25-28(3)22(16)21/h5-7,9,11-14,27H,8,10,15H2,1-4H3. The Morgan fingerprint density at radius 2 is 1.97 bits per heavy atom. The van der Waals surface area contributed by atoms with E-state index in [-0.39, 0.29) is 10.3 Å². The van der Waals surface area contributed by atoms with Gasteiger partial charge in [-0.3, -0.25) is 9.40 Å². The summed E-state index contributed by atoms with van der Waals surface area (Å²) in [5.74, 6) is 0.949. The number of nitrogens with one attached hydrogen (secondary N) is 1. The average Bonchev–Trinajstić information content (AvgIpc) is 3.53. The van der Waals surface area contributed by atoms with E-state index in [2.05, 4.69) is 38.7 Å². The van der Waals surface area contributed by atoms with Crippen LogP contribution < -0.4 is 14.4 Å². The molecule has 0 unspecified atom stereocenters. The highest BCUT2D eigenvalue weighted by molar-refractivity contribution is 7.92. The lowest BCUT2D eigenvalue weighted by Crippen LogP contribution is -2.22. The van der Waals surface area contributed by atoms with Crippen molar-refractivity contribution in [1.82, 2.24) is 24.5 Å². The quantitative estimate of drug-likeness (QED) is 0.451. The molecule has 11 heteroatoms. The first-order valence-electron chi connectivity index (χ1n) is 10.9. The fourth-order valence-corrected chi connectivity index (χ4v) is 5.35. The van der Waals surface area contributed by atoms with Gasteiger partial charge in [-0.15, -0.1) is 0 Å². The second-order valence-electron chi connectivity index (χ2n) is 9.28. The van der Waals surface area contributed by atoms with Gasteiger partial charge in [-0.25, -0.2) is 18.1 Å². The Labute approximate surface area is 198 Å². The fourth-order valence-electron chi connectivity index (χ4n) is 4.34. The lowest BCUT2D eigenvalue weighted by atomic mass is 9.93. The van der Waals surface area contributed by atoms with Gasteiger partial charge in [0.1, 0.15) is 16.3 Å². The minimum Gasteiger partial charge on any atom is -0.494 e. The van der Waals surface area contributed by atoms with Crippen molar-refractivity contribution in [3.8, 4) is 11.6 Å². The molecule has 4 heterocycles. The number of nitrogens with zero attached hydrogens (tertiary/aromatic N) is 6. The monoisotopic (exact) mass is 481 g/mol.